The van der Waals surface area contributed by atoms with E-state index >= 15 is 0 Å². The molecule has 0 fully saturated rings. The van der Waals surface area contributed by atoms with Crippen molar-refractivity contribution in [2.24, 2.45) is 0 Å². The van der Waals surface area contributed by atoms with Crippen molar-refractivity contribution < 1.29 is 4.74 Å². The lowest BCUT2D eigenvalue weighted by molar-refractivity contribution is 0.340. The molecule has 0 saturated carbocycles. The van der Waals surface area contributed by atoms with Crippen LogP contribution in [0.3, 0.4) is 0 Å². The number of nitriles is 1. The van der Waals surface area contributed by atoms with E-state index in [0.717, 1.165) is 22.2 Å². The number of aromatic nitrogens is 1. The molecule has 0 unspecified atom stereocenters. The van der Waals surface area contributed by atoms with Gasteiger partial charge in [0.25, 0.3) is 0 Å². The van der Waals surface area contributed by atoms with E-state index in [9.17, 15) is 0 Å². The third-order valence-corrected chi connectivity index (χ3v) is 2.32. The fraction of sp³-hybridized carbons (Fsp3) is 0.250. The summed E-state index contributed by atoms with van der Waals surface area (Å²) in [5.41, 5.74) is 2.07. The van der Waals surface area contributed by atoms with Gasteiger partial charge in [0.2, 0.25) is 0 Å². The maximum Gasteiger partial charge on any atom is 0.120 e. The minimum Gasteiger partial charge on any atom is -0.494 e. The Labute approximate surface area is 88.3 Å². The van der Waals surface area contributed by atoms with E-state index in [4.69, 9.17) is 10.00 Å². The molecule has 0 radical (unpaired) electrons. The SMILES string of the molecule is CCOc1ccc2[nH]cc(CC#N)c2c1. The highest BCUT2D eigenvalue weighted by Crippen LogP contribution is 2.23. The lowest BCUT2D eigenvalue weighted by atomic mass is 10.1. The van der Waals surface area contributed by atoms with Crippen molar-refractivity contribution in [1.29, 1.82) is 5.26 Å². The Morgan fingerprint density at radius 2 is 2.33 bits per heavy atom. The highest BCUT2D eigenvalue weighted by Gasteiger charge is 2.04. The minimum atomic E-state index is 0.426. The summed E-state index contributed by atoms with van der Waals surface area (Å²) in [6.07, 6.45) is 2.30. The largest absolute Gasteiger partial charge is 0.494 e. The van der Waals surface area contributed by atoms with E-state index in [2.05, 4.69) is 11.1 Å². The van der Waals surface area contributed by atoms with Gasteiger partial charge in [0.05, 0.1) is 19.1 Å². The first-order valence-corrected chi connectivity index (χ1v) is 4.95. The molecule has 0 aliphatic heterocycles. The third-order valence-electron chi connectivity index (χ3n) is 2.32. The average molecular weight is 200 g/mol. The Morgan fingerprint density at radius 3 is 3.07 bits per heavy atom. The molecule has 2 rings (SSSR count). The highest BCUT2D eigenvalue weighted by atomic mass is 16.5. The van der Waals surface area contributed by atoms with Gasteiger partial charge in [-0.25, -0.2) is 0 Å². The monoisotopic (exact) mass is 200 g/mol. The Morgan fingerprint density at radius 1 is 1.47 bits per heavy atom. The van der Waals surface area contributed by atoms with E-state index in [1.54, 1.807) is 0 Å². The smallest absolute Gasteiger partial charge is 0.120 e. The fourth-order valence-corrected chi connectivity index (χ4v) is 1.65. The topological polar surface area (TPSA) is 48.8 Å². The summed E-state index contributed by atoms with van der Waals surface area (Å²) in [6.45, 7) is 2.61. The van der Waals surface area contributed by atoms with Gasteiger partial charge >= 0.3 is 0 Å². The average Bonchev–Trinajstić information content (AvgIpc) is 2.63. The molecule has 76 valence electrons. The number of rotatable bonds is 3. The molecule has 0 atom stereocenters. The van der Waals surface area contributed by atoms with Crippen LogP contribution >= 0.6 is 0 Å². The van der Waals surface area contributed by atoms with Gasteiger partial charge in [0, 0.05) is 17.1 Å². The third kappa shape index (κ3) is 1.79. The molecule has 0 bridgehead atoms. The molecule has 0 saturated heterocycles. The van der Waals surface area contributed by atoms with Crippen LogP contribution in [0.1, 0.15) is 12.5 Å². The van der Waals surface area contributed by atoms with Gasteiger partial charge in [0.1, 0.15) is 5.75 Å². The standard InChI is InChI=1S/C12H12N2O/c1-2-15-10-3-4-12-11(7-10)9(5-6-13)8-14-12/h3-4,7-8,14H,2,5H2,1H3. The van der Waals surface area contributed by atoms with Crippen molar-refractivity contribution in [1.82, 2.24) is 4.98 Å². The zero-order valence-electron chi connectivity index (χ0n) is 8.58. The van der Waals surface area contributed by atoms with Crippen LogP contribution in [0, 0.1) is 11.3 Å². The van der Waals surface area contributed by atoms with Crippen molar-refractivity contribution >= 4 is 10.9 Å². The van der Waals surface area contributed by atoms with Gasteiger partial charge in [-0.2, -0.15) is 5.26 Å². The van der Waals surface area contributed by atoms with E-state index in [1.807, 2.05) is 31.3 Å². The number of aromatic amines is 1. The van der Waals surface area contributed by atoms with Gasteiger partial charge in [-0.1, -0.05) is 0 Å². The number of hydrogen-bond acceptors (Lipinski definition) is 2. The van der Waals surface area contributed by atoms with Gasteiger partial charge in [-0.05, 0) is 30.7 Å². The molecule has 3 nitrogen and oxygen atoms in total. The fourth-order valence-electron chi connectivity index (χ4n) is 1.65. The Kier molecular flexibility index (Phi) is 2.59. The summed E-state index contributed by atoms with van der Waals surface area (Å²) in [6, 6.07) is 8.03. The molecule has 1 aromatic carbocycles. The van der Waals surface area contributed by atoms with Gasteiger partial charge < -0.3 is 9.72 Å². The first-order chi connectivity index (χ1) is 7.35. The summed E-state index contributed by atoms with van der Waals surface area (Å²) in [7, 11) is 0. The second-order valence-corrected chi connectivity index (χ2v) is 3.29. The Bertz CT molecular complexity index is 508. The number of H-pyrrole nitrogens is 1. The van der Waals surface area contributed by atoms with Crippen LogP contribution in [0.25, 0.3) is 10.9 Å². The number of fused-ring (bicyclic) bond motifs is 1. The second kappa shape index (κ2) is 4.05. The quantitative estimate of drug-likeness (QED) is 0.827. The molecular weight excluding hydrogens is 188 g/mol. The van der Waals surface area contributed by atoms with E-state index in [-0.39, 0.29) is 0 Å². The number of ether oxygens (including phenoxy) is 1. The molecule has 1 N–H and O–H groups in total. The minimum absolute atomic E-state index is 0.426. The van der Waals surface area contributed by atoms with E-state index in [1.165, 1.54) is 0 Å². The lowest BCUT2D eigenvalue weighted by Gasteiger charge is -2.02. The normalized spacial score (nSPS) is 10.1. The van der Waals surface area contributed by atoms with Crippen molar-refractivity contribution in [2.45, 2.75) is 13.3 Å². The van der Waals surface area contributed by atoms with Crippen LogP contribution in [-0.2, 0) is 6.42 Å². The Hall–Kier alpha value is -1.95. The summed E-state index contributed by atoms with van der Waals surface area (Å²) >= 11 is 0. The summed E-state index contributed by atoms with van der Waals surface area (Å²) in [4.78, 5) is 3.14. The first kappa shape index (κ1) is 9.60. The molecule has 3 heteroatoms. The predicted octanol–water partition coefficient (Wildman–Crippen LogP) is 2.63. The molecule has 1 heterocycles. The van der Waals surface area contributed by atoms with Crippen LogP contribution in [0.5, 0.6) is 5.75 Å². The number of nitrogens with one attached hydrogen (secondary N) is 1. The molecular formula is C12H12N2O. The Balaban J connectivity index is 2.47. The van der Waals surface area contributed by atoms with Crippen LogP contribution in [0.4, 0.5) is 0 Å². The number of benzene rings is 1. The van der Waals surface area contributed by atoms with Gasteiger partial charge in [0.15, 0.2) is 0 Å². The number of nitrogens with zero attached hydrogens (tertiary/aromatic N) is 1. The van der Waals surface area contributed by atoms with Crippen molar-refractivity contribution in [3.8, 4) is 11.8 Å². The van der Waals surface area contributed by atoms with Crippen LogP contribution < -0.4 is 4.74 Å². The summed E-state index contributed by atoms with van der Waals surface area (Å²) in [5, 5.41) is 9.75. The first-order valence-electron chi connectivity index (χ1n) is 4.95. The second-order valence-electron chi connectivity index (χ2n) is 3.29. The molecule has 1 aromatic heterocycles. The zero-order chi connectivity index (χ0) is 10.7. The molecule has 0 aliphatic carbocycles. The highest BCUT2D eigenvalue weighted by molar-refractivity contribution is 5.84. The van der Waals surface area contributed by atoms with Crippen molar-refractivity contribution in [3.05, 3.63) is 30.0 Å². The lowest BCUT2D eigenvalue weighted by Crippen LogP contribution is -1.90. The van der Waals surface area contributed by atoms with E-state index < -0.39 is 0 Å². The molecule has 2 aromatic rings. The van der Waals surface area contributed by atoms with E-state index in [0.29, 0.717) is 13.0 Å². The maximum absolute atomic E-state index is 8.68. The van der Waals surface area contributed by atoms with Gasteiger partial charge in [-0.3, -0.25) is 0 Å². The predicted molar refractivity (Wildman–Crippen MR) is 58.8 cm³/mol. The molecule has 0 spiro atoms. The molecule has 0 amide bonds. The maximum atomic E-state index is 8.68. The number of hydrogen-bond donors (Lipinski definition) is 1. The van der Waals surface area contributed by atoms with Crippen molar-refractivity contribution in [3.63, 3.8) is 0 Å². The zero-order valence-corrected chi connectivity index (χ0v) is 8.58. The molecule has 0 aliphatic rings. The van der Waals surface area contributed by atoms with Crippen LogP contribution in [-0.4, -0.2) is 11.6 Å². The van der Waals surface area contributed by atoms with Gasteiger partial charge in [-0.15, -0.1) is 0 Å². The summed E-state index contributed by atoms with van der Waals surface area (Å²) < 4.78 is 5.42. The van der Waals surface area contributed by atoms with Crippen LogP contribution in [0.15, 0.2) is 24.4 Å². The van der Waals surface area contributed by atoms with Crippen molar-refractivity contribution in [2.75, 3.05) is 6.61 Å². The molecule has 15 heavy (non-hydrogen) atoms. The summed E-state index contributed by atoms with van der Waals surface area (Å²) in [5.74, 6) is 0.851. The van der Waals surface area contributed by atoms with Crippen LogP contribution in [0.2, 0.25) is 0 Å².